The molecule has 0 heterocycles. The Bertz CT molecular complexity index is 11.6. The molecule has 0 aromatic carbocycles. The number of hydrogen-bond donors (Lipinski definition) is 0. The van der Waals surface area contributed by atoms with Crippen LogP contribution in [0, 0.1) is 159 Å². The van der Waals surface area contributed by atoms with Crippen molar-refractivity contribution in [3.63, 3.8) is 0 Å². The topological polar surface area (TPSA) is 0 Å². The van der Waals surface area contributed by atoms with Crippen LogP contribution in [-0.2, 0) is 0 Å². The molecule has 0 unspecified atom stereocenters. The molecule has 0 spiro atoms. The molecule has 0 N–H and O–H groups in total. The average molecular weight is 601 g/mol. The van der Waals surface area contributed by atoms with E-state index in [4.69, 9.17) is 0 Å². The summed E-state index contributed by atoms with van der Waals surface area (Å²) in [4.78, 5) is 0. The van der Waals surface area contributed by atoms with E-state index in [0.717, 1.165) is 0 Å². The van der Waals surface area contributed by atoms with E-state index in [-0.39, 0.29) is 172 Å². The number of rotatable bonds is 0. The maximum absolute atomic E-state index is 0. The minimum Gasteiger partial charge on any atom is -0.147 e. The maximum Gasteiger partial charge on any atom is 0 e. The first-order valence-electron chi connectivity index (χ1n) is 0. The van der Waals surface area contributed by atoms with Crippen LogP contribution in [0.25, 0.3) is 0 Å². The Hall–Kier alpha value is 5.58. The van der Waals surface area contributed by atoms with Crippen LogP contribution in [0.5, 0.6) is 0 Å². The van der Waals surface area contributed by atoms with Crippen LogP contribution < -0.4 is 0 Å². The monoisotopic (exact) mass is 598 g/mol. The van der Waals surface area contributed by atoms with Crippen LogP contribution in [0.2, 0.25) is 0 Å². The second kappa shape index (κ2) is 22.7. The molecule has 22 valence electrons. The second-order valence-electron chi connectivity index (χ2n) is 0. The molecule has 0 rings (SSSR count). The summed E-state index contributed by atoms with van der Waals surface area (Å²) >= 11 is 0. The van der Waals surface area contributed by atoms with Crippen molar-refractivity contribution < 1.29 is 159 Å². The van der Waals surface area contributed by atoms with Gasteiger partial charge in [-0.1, -0.05) is 0 Å². The van der Waals surface area contributed by atoms with E-state index in [1.807, 2.05) is 0 Å². The van der Waals surface area contributed by atoms with Gasteiger partial charge in [-0.05, 0) is 0 Å². The Kier molecular flexibility index (Phi) is 141. The van der Waals surface area contributed by atoms with Crippen molar-refractivity contribution in [2.24, 2.45) is 0 Å². The fourth-order valence-corrected chi connectivity index (χ4v) is 0. The molecule has 0 saturated heterocycles. The van der Waals surface area contributed by atoms with E-state index >= 15 is 0 Å². The van der Waals surface area contributed by atoms with Gasteiger partial charge in [-0.15, -0.1) is 12.4 Å². The van der Waals surface area contributed by atoms with E-state index in [1.54, 1.807) is 0 Å². The first-order valence-corrected chi connectivity index (χ1v) is 0. The Balaban J connectivity index is 0. The largest absolute Gasteiger partial charge is 0.147 e. The molecule has 0 aliphatic rings. The predicted molar refractivity (Wildman–Crippen MR) is 7.25 cm³/mol. The van der Waals surface area contributed by atoms with Gasteiger partial charge in [-0.3, -0.25) is 0 Å². The predicted octanol–water partition coefficient (Wildman–Crippen LogP) is 0.422. The fraction of sp³-hybridized carbons (Fsp3) is 0. The van der Waals surface area contributed by atoms with Gasteiger partial charge >= 0.3 is 0 Å². The first-order chi connectivity index (χ1) is 0. The zero-order chi connectivity index (χ0) is 0. The van der Waals surface area contributed by atoms with Gasteiger partial charge in [-0.2, -0.15) is 0 Å². The molecule has 0 aromatic rings. The summed E-state index contributed by atoms with van der Waals surface area (Å²) in [5.41, 5.74) is 0. The summed E-state index contributed by atoms with van der Waals surface area (Å²) in [5.74, 6) is 0. The third kappa shape index (κ3) is 17.7. The molecule has 0 aromatic heterocycles. The molecule has 0 atom stereocenters. The van der Waals surface area contributed by atoms with Crippen LogP contribution in [0.3, 0.4) is 0 Å². The fourth-order valence-electron chi connectivity index (χ4n) is 0. The van der Waals surface area contributed by atoms with Crippen molar-refractivity contribution in [2.45, 2.75) is 0 Å². The van der Waals surface area contributed by atoms with Crippen LogP contribution in [0.1, 0.15) is 0 Å². The normalized spacial score (nSPS) is 0. The SMILES string of the molecule is Cl.[Ce].[La].[Nd].[Pr]. The summed E-state index contributed by atoms with van der Waals surface area (Å²) in [7, 11) is 0. The summed E-state index contributed by atoms with van der Waals surface area (Å²) < 4.78 is 0. The molecule has 0 saturated carbocycles. The molecule has 0 bridgehead atoms. The van der Waals surface area contributed by atoms with Gasteiger partial charge in [0, 0.05) is 159 Å². The molecule has 0 fully saturated rings. The van der Waals surface area contributed by atoms with Crippen molar-refractivity contribution in [3.8, 4) is 0 Å². The van der Waals surface area contributed by atoms with Crippen LogP contribution >= 0.6 is 12.4 Å². The minimum atomic E-state index is 0. The molecular weight excluding hydrogens is 600 g/mol. The van der Waals surface area contributed by atoms with Crippen molar-refractivity contribution in [1.82, 2.24) is 0 Å². The smallest absolute Gasteiger partial charge is 0 e. The third-order valence-corrected chi connectivity index (χ3v) is 0. The standard InChI is InChI=1S/Ce.ClH.La.Nd.Pr/h;1H;;;. The van der Waals surface area contributed by atoms with E-state index in [0.29, 0.717) is 0 Å². The van der Waals surface area contributed by atoms with Crippen molar-refractivity contribution in [2.75, 3.05) is 0 Å². The zero-order valence-electron chi connectivity index (χ0n) is 2.56. The van der Waals surface area contributed by atoms with Crippen molar-refractivity contribution >= 4 is 12.4 Å². The summed E-state index contributed by atoms with van der Waals surface area (Å²) in [6, 6.07) is 0. The van der Waals surface area contributed by atoms with E-state index < -0.39 is 0 Å². The molecule has 0 aliphatic carbocycles. The quantitative estimate of drug-likeness (QED) is 0.379. The van der Waals surface area contributed by atoms with E-state index in [1.165, 1.54) is 0 Å². The zero-order valence-corrected chi connectivity index (χ0v) is 17.1. The number of hydrogen-bond acceptors (Lipinski definition) is 0. The first kappa shape index (κ1) is 31.2. The minimum absolute atomic E-state index is 0. The average Bonchev–Trinajstić information content (AvgIpc) is 0. The van der Waals surface area contributed by atoms with Crippen LogP contribution in [0.4, 0.5) is 0 Å². The van der Waals surface area contributed by atoms with Gasteiger partial charge in [0.25, 0.3) is 0 Å². The molecule has 5 heteroatoms. The third-order valence-electron chi connectivity index (χ3n) is 0. The Morgan fingerprint density at radius 1 is 1.00 bits per heavy atom. The van der Waals surface area contributed by atoms with Gasteiger partial charge in [0.1, 0.15) is 0 Å². The number of halogens is 1. The molecule has 0 amide bonds. The van der Waals surface area contributed by atoms with Gasteiger partial charge in [0.2, 0.25) is 0 Å². The molecule has 2 radical (unpaired) electrons. The summed E-state index contributed by atoms with van der Waals surface area (Å²) in [6.45, 7) is 0. The van der Waals surface area contributed by atoms with Crippen LogP contribution in [0.15, 0.2) is 0 Å². The molecule has 0 nitrogen and oxygen atoms in total. The van der Waals surface area contributed by atoms with Crippen molar-refractivity contribution in [1.29, 1.82) is 0 Å². The van der Waals surface area contributed by atoms with E-state index in [9.17, 15) is 0 Å². The van der Waals surface area contributed by atoms with Gasteiger partial charge < -0.3 is 0 Å². The second-order valence-corrected chi connectivity index (χ2v) is 0. The van der Waals surface area contributed by atoms with Gasteiger partial charge in [0.05, 0.1) is 0 Å². The Morgan fingerprint density at radius 2 is 1.00 bits per heavy atom. The Morgan fingerprint density at radius 3 is 1.00 bits per heavy atom. The van der Waals surface area contributed by atoms with E-state index in [2.05, 4.69) is 0 Å². The molecular formula is HCeClLaNdPr. The van der Waals surface area contributed by atoms with Gasteiger partial charge in [-0.25, -0.2) is 0 Å². The van der Waals surface area contributed by atoms with Crippen molar-refractivity contribution in [3.05, 3.63) is 0 Å². The summed E-state index contributed by atoms with van der Waals surface area (Å²) in [6.07, 6.45) is 0. The molecule has 5 heavy (non-hydrogen) atoms. The Labute approximate surface area is 166 Å². The van der Waals surface area contributed by atoms with Gasteiger partial charge in [0.15, 0.2) is 0 Å². The maximum atomic E-state index is 0. The molecule has 0 aliphatic heterocycles. The summed E-state index contributed by atoms with van der Waals surface area (Å²) in [5, 5.41) is 0. The van der Waals surface area contributed by atoms with Crippen LogP contribution in [-0.4, -0.2) is 0 Å².